The number of anilines is 1. The van der Waals surface area contributed by atoms with E-state index in [4.69, 9.17) is 24.9 Å². The Morgan fingerprint density at radius 3 is 2.33 bits per heavy atom. The fourth-order valence-electron chi connectivity index (χ4n) is 8.14. The second kappa shape index (κ2) is 21.0. The number of amides is 5. The van der Waals surface area contributed by atoms with Gasteiger partial charge in [0.05, 0.1) is 29.0 Å². The monoisotopic (exact) mass is 923 g/mol. The maximum atomic E-state index is 13.7. The number of Topliss-reactive ketones (excluding diaryl/α,β-unsaturated/α-hetero) is 1. The Morgan fingerprint density at radius 1 is 0.940 bits per heavy atom. The Bertz CT molecular complexity index is 2660. The molecule has 0 bridgehead atoms. The van der Waals surface area contributed by atoms with E-state index in [1.807, 2.05) is 6.92 Å². The first kappa shape index (κ1) is 49.3. The van der Waals surface area contributed by atoms with Crippen molar-refractivity contribution >= 4 is 58.3 Å². The molecule has 5 amide bonds. The van der Waals surface area contributed by atoms with Crippen molar-refractivity contribution in [2.24, 2.45) is 17.6 Å². The highest BCUT2D eigenvalue weighted by atomic mass is 16.7. The van der Waals surface area contributed by atoms with Crippen molar-refractivity contribution in [3.05, 3.63) is 86.7 Å². The number of ketones is 1. The zero-order chi connectivity index (χ0) is 48.7. The van der Waals surface area contributed by atoms with E-state index < -0.39 is 53.6 Å². The molecule has 0 unspecified atom stereocenters. The lowest BCUT2D eigenvalue weighted by molar-refractivity contribution is -0.172. The van der Waals surface area contributed by atoms with Crippen molar-refractivity contribution in [3.8, 4) is 17.1 Å². The van der Waals surface area contributed by atoms with Gasteiger partial charge < -0.3 is 50.9 Å². The number of nitrogens with one attached hydrogen (secondary N) is 4. The molecular formula is C48H57N7O12. The summed E-state index contributed by atoms with van der Waals surface area (Å²) in [6, 6.07) is 10.2. The summed E-state index contributed by atoms with van der Waals surface area (Å²) in [5.74, 6) is -2.88. The Hall–Kier alpha value is -7.15. The van der Waals surface area contributed by atoms with Gasteiger partial charge in [0.25, 0.3) is 5.56 Å². The summed E-state index contributed by atoms with van der Waals surface area (Å²) in [6.45, 7) is 10.5. The van der Waals surface area contributed by atoms with Crippen LogP contribution in [0.4, 0.5) is 15.3 Å². The molecule has 7 N–H and O–H groups in total. The van der Waals surface area contributed by atoms with Gasteiger partial charge in [-0.25, -0.2) is 19.4 Å². The highest BCUT2D eigenvalue weighted by molar-refractivity contribution is 5.99. The van der Waals surface area contributed by atoms with Gasteiger partial charge in [-0.1, -0.05) is 53.7 Å². The first-order chi connectivity index (χ1) is 31.8. The van der Waals surface area contributed by atoms with Crippen LogP contribution in [0.25, 0.3) is 22.3 Å². The van der Waals surface area contributed by atoms with Gasteiger partial charge in [-0.05, 0) is 79.1 Å². The molecule has 2 aromatic heterocycles. The zero-order valence-corrected chi connectivity index (χ0v) is 38.4. The van der Waals surface area contributed by atoms with Crippen molar-refractivity contribution < 1.29 is 52.9 Å². The van der Waals surface area contributed by atoms with Crippen LogP contribution in [0.15, 0.2) is 53.3 Å². The van der Waals surface area contributed by atoms with Gasteiger partial charge in [-0.15, -0.1) is 0 Å². The van der Waals surface area contributed by atoms with Crippen LogP contribution in [0.1, 0.15) is 101 Å². The molecule has 0 saturated carbocycles. The number of esters is 1. The molecule has 2 aliphatic heterocycles. The number of fused-ring (bicyclic) bond motifs is 5. The molecule has 67 heavy (non-hydrogen) atoms. The van der Waals surface area contributed by atoms with Crippen LogP contribution in [0, 0.1) is 11.8 Å². The molecule has 0 aliphatic carbocycles. The summed E-state index contributed by atoms with van der Waals surface area (Å²) in [7, 11) is 0. The summed E-state index contributed by atoms with van der Waals surface area (Å²) >= 11 is 0. The number of pyridine rings is 2. The lowest BCUT2D eigenvalue weighted by Gasteiger charge is -2.31. The number of hydrogen-bond donors (Lipinski definition) is 6. The van der Waals surface area contributed by atoms with Crippen LogP contribution < -0.4 is 37.3 Å². The van der Waals surface area contributed by atoms with E-state index in [9.17, 15) is 43.5 Å². The first-order valence-corrected chi connectivity index (χ1v) is 22.4. The lowest BCUT2D eigenvalue weighted by atomic mass is 9.86. The van der Waals surface area contributed by atoms with Crippen LogP contribution in [0.3, 0.4) is 0 Å². The summed E-state index contributed by atoms with van der Waals surface area (Å²) in [4.78, 5) is 107. The maximum absolute atomic E-state index is 13.7. The minimum atomic E-state index is -1.95. The molecule has 4 heterocycles. The average Bonchev–Trinajstić information content (AvgIpc) is 3.66. The van der Waals surface area contributed by atoms with Crippen LogP contribution in [-0.2, 0) is 65.2 Å². The van der Waals surface area contributed by atoms with Crippen molar-refractivity contribution in [1.29, 1.82) is 0 Å². The van der Waals surface area contributed by atoms with Gasteiger partial charge in [0.1, 0.15) is 36.8 Å². The highest BCUT2D eigenvalue weighted by Crippen LogP contribution is 2.41. The number of aromatic nitrogens is 2. The average molecular weight is 924 g/mol. The van der Waals surface area contributed by atoms with Crippen LogP contribution in [0.5, 0.6) is 5.75 Å². The van der Waals surface area contributed by atoms with Gasteiger partial charge in [0.15, 0.2) is 5.60 Å². The maximum Gasteiger partial charge on any atom is 0.514 e. The molecule has 6 rings (SSSR count). The van der Waals surface area contributed by atoms with E-state index in [2.05, 4.69) is 21.3 Å². The van der Waals surface area contributed by atoms with E-state index >= 15 is 0 Å². The van der Waals surface area contributed by atoms with Crippen molar-refractivity contribution in [3.63, 3.8) is 0 Å². The first-order valence-electron chi connectivity index (χ1n) is 22.4. The third kappa shape index (κ3) is 11.1. The van der Waals surface area contributed by atoms with Crippen LogP contribution in [0.2, 0.25) is 0 Å². The molecule has 19 nitrogen and oxygen atoms in total. The molecule has 0 saturated heterocycles. The molecule has 3 atom stereocenters. The molecular weight excluding hydrogens is 867 g/mol. The second-order valence-corrected chi connectivity index (χ2v) is 17.3. The number of cyclic esters (lactones) is 1. The number of hydrogen-bond acceptors (Lipinski definition) is 13. The van der Waals surface area contributed by atoms with Crippen molar-refractivity contribution in [2.75, 3.05) is 11.9 Å². The lowest BCUT2D eigenvalue weighted by Crippen LogP contribution is -2.54. The van der Waals surface area contributed by atoms with Gasteiger partial charge in [-0.3, -0.25) is 24.0 Å². The number of aryl methyl sites for hydroxylation is 1. The predicted octanol–water partition coefficient (Wildman–Crippen LogP) is 4.38. The third-order valence-corrected chi connectivity index (χ3v) is 12.0. The van der Waals surface area contributed by atoms with E-state index in [0.717, 1.165) is 11.1 Å². The number of nitrogens with two attached hydrogens (primary N) is 1. The Labute approximate surface area is 386 Å². The van der Waals surface area contributed by atoms with Gasteiger partial charge in [0, 0.05) is 47.5 Å². The molecule has 0 radical (unpaired) electrons. The van der Waals surface area contributed by atoms with Gasteiger partial charge in [0.2, 0.25) is 17.7 Å². The molecule has 2 aliphatic rings. The summed E-state index contributed by atoms with van der Waals surface area (Å²) in [6.07, 6.45) is -0.0302. The summed E-state index contributed by atoms with van der Waals surface area (Å²) in [5.41, 5.74) is 7.58. The zero-order valence-electron chi connectivity index (χ0n) is 38.4. The number of primary amides is 1. The topological polar surface area (TPSA) is 276 Å². The number of benzene rings is 2. The number of carbonyl (C=O) groups excluding carboxylic acids is 7. The number of carbonyl (C=O) groups is 7. The fourth-order valence-corrected chi connectivity index (χ4v) is 8.14. The normalized spacial score (nSPS) is 15.7. The predicted molar refractivity (Wildman–Crippen MR) is 244 cm³/mol. The molecule has 0 fully saturated rings. The fraction of sp³-hybridized carbons (Fsp3) is 0.438. The van der Waals surface area contributed by atoms with Gasteiger partial charge >= 0.3 is 18.2 Å². The van der Waals surface area contributed by atoms with E-state index in [1.165, 1.54) is 0 Å². The third-order valence-electron chi connectivity index (χ3n) is 12.0. The number of rotatable bonds is 19. The minimum absolute atomic E-state index is 0.0277. The Kier molecular flexibility index (Phi) is 15.4. The van der Waals surface area contributed by atoms with Crippen molar-refractivity contribution in [1.82, 2.24) is 25.5 Å². The Balaban J connectivity index is 1.08. The van der Waals surface area contributed by atoms with E-state index in [0.29, 0.717) is 40.0 Å². The second-order valence-electron chi connectivity index (χ2n) is 17.3. The smallest absolute Gasteiger partial charge is 0.458 e. The highest BCUT2D eigenvalue weighted by Gasteiger charge is 2.45. The molecule has 4 aromatic rings. The van der Waals surface area contributed by atoms with E-state index in [-0.39, 0.29) is 98.5 Å². The SMILES string of the molecule is CCc1c2c(nc3ccc(OC(=O)OCc4ccc(NC(=O)[C@H](CCCNC(N)=O)NC(=O)[C@@H](NC(=O)CCC(=O)C(C)C)C(C)C)cc4)cc13)-c1cc3c(c(=O)n1C2)COC(=O)[C@]3(O)CC. The van der Waals surface area contributed by atoms with Gasteiger partial charge in [-0.2, -0.15) is 0 Å². The standard InChI is InChI=1S/C48H57N7O12/c1-7-30-31-20-29(15-16-35(31)52-41-32(30)22-55-37(41)21-34-33(44(55)60)24-65-45(61)48(34,64)8-2)67-47(63)66-23-27-11-13-28(14-12-27)51-42(58)36(10-9-19-50-46(49)62)53-43(59)40(26(5)6)54-39(57)18-17-38(56)25(3)4/h11-16,20-21,25-26,36,40,64H,7-10,17-19,22-24H2,1-6H3,(H,51,58)(H,53,59)(H,54,57)(H3,49,50,62)/t36-,40-,48-/m0/s1. The minimum Gasteiger partial charge on any atom is -0.458 e. The number of ether oxygens (including phenoxy) is 3. The number of aliphatic hydroxyl groups is 1. The molecule has 19 heteroatoms. The molecule has 2 aromatic carbocycles. The largest absolute Gasteiger partial charge is 0.514 e. The molecule has 356 valence electrons. The number of nitrogens with zero attached hydrogens (tertiary/aromatic N) is 2. The molecule has 0 spiro atoms. The summed E-state index contributed by atoms with van der Waals surface area (Å²) in [5, 5.41) is 22.6. The van der Waals surface area contributed by atoms with E-state index in [1.54, 1.807) is 87.7 Å². The quantitative estimate of drug-likeness (QED) is 0.0382. The summed E-state index contributed by atoms with van der Waals surface area (Å²) < 4.78 is 17.7. The Morgan fingerprint density at radius 2 is 1.67 bits per heavy atom. The van der Waals surface area contributed by atoms with Crippen molar-refractivity contribution in [2.45, 2.75) is 118 Å². The van der Waals surface area contributed by atoms with Crippen LogP contribution in [-0.4, -0.2) is 74.9 Å². The van der Waals surface area contributed by atoms with Crippen LogP contribution >= 0.6 is 0 Å². The number of urea groups is 1.